The van der Waals surface area contributed by atoms with Crippen molar-refractivity contribution in [1.82, 2.24) is 14.7 Å². The molecule has 0 radical (unpaired) electrons. The van der Waals surface area contributed by atoms with Crippen molar-refractivity contribution in [2.45, 2.75) is 18.9 Å². The molecule has 0 aliphatic carbocycles. The molecular formula is C15H14ClN3O3. The standard InChI is InChI=1S/C15H14ClN3O3/c16-10-3-1-4-11(9-10)19-8-6-12(17-19)14(20)18-7-2-5-13(18)15(21)22/h1,3-4,6,8-9,13H,2,5,7H2,(H,21,22)/t13-/m1/s1. The quantitative estimate of drug-likeness (QED) is 0.941. The Hall–Kier alpha value is -2.34. The molecule has 1 saturated heterocycles. The Morgan fingerprint density at radius 3 is 2.86 bits per heavy atom. The maximum atomic E-state index is 12.4. The zero-order valence-electron chi connectivity index (χ0n) is 11.6. The van der Waals surface area contributed by atoms with Crippen LogP contribution in [0.1, 0.15) is 23.3 Å². The Labute approximate surface area is 131 Å². The van der Waals surface area contributed by atoms with Crippen LogP contribution in [0.2, 0.25) is 5.02 Å². The first-order valence-corrected chi connectivity index (χ1v) is 7.29. The third-order valence-corrected chi connectivity index (χ3v) is 3.91. The highest BCUT2D eigenvalue weighted by Gasteiger charge is 2.35. The van der Waals surface area contributed by atoms with Crippen molar-refractivity contribution in [2.24, 2.45) is 0 Å². The van der Waals surface area contributed by atoms with Gasteiger partial charge in [-0.2, -0.15) is 5.10 Å². The van der Waals surface area contributed by atoms with Crippen LogP contribution in [0.5, 0.6) is 0 Å². The lowest BCUT2D eigenvalue weighted by Gasteiger charge is -2.20. The summed E-state index contributed by atoms with van der Waals surface area (Å²) in [6.07, 6.45) is 2.83. The van der Waals surface area contributed by atoms with E-state index in [9.17, 15) is 9.59 Å². The second kappa shape index (κ2) is 5.81. The van der Waals surface area contributed by atoms with Gasteiger partial charge in [-0.05, 0) is 37.1 Å². The number of nitrogens with zero attached hydrogens (tertiary/aromatic N) is 3. The van der Waals surface area contributed by atoms with E-state index in [-0.39, 0.29) is 11.6 Å². The second-order valence-electron chi connectivity index (χ2n) is 5.12. The topological polar surface area (TPSA) is 75.4 Å². The molecular weight excluding hydrogens is 306 g/mol. The molecule has 6 nitrogen and oxygen atoms in total. The number of hydrogen-bond donors (Lipinski definition) is 1. The molecule has 1 atom stereocenters. The lowest BCUT2D eigenvalue weighted by molar-refractivity contribution is -0.141. The number of amides is 1. The fourth-order valence-corrected chi connectivity index (χ4v) is 2.80. The number of rotatable bonds is 3. The highest BCUT2D eigenvalue weighted by molar-refractivity contribution is 6.30. The van der Waals surface area contributed by atoms with Gasteiger partial charge >= 0.3 is 5.97 Å². The normalized spacial score (nSPS) is 17.7. The van der Waals surface area contributed by atoms with E-state index in [2.05, 4.69) is 5.10 Å². The molecule has 1 fully saturated rings. The summed E-state index contributed by atoms with van der Waals surface area (Å²) in [5.74, 6) is -1.33. The number of aromatic nitrogens is 2. The average Bonchev–Trinajstić information content (AvgIpc) is 3.16. The zero-order chi connectivity index (χ0) is 15.7. The maximum Gasteiger partial charge on any atom is 0.326 e. The molecule has 114 valence electrons. The summed E-state index contributed by atoms with van der Waals surface area (Å²) in [4.78, 5) is 25.0. The number of carbonyl (C=O) groups excluding carboxylic acids is 1. The van der Waals surface area contributed by atoms with Gasteiger partial charge in [0, 0.05) is 17.8 Å². The molecule has 0 saturated carbocycles. The minimum absolute atomic E-state index is 0.230. The molecule has 0 unspecified atom stereocenters. The van der Waals surface area contributed by atoms with Gasteiger partial charge < -0.3 is 10.0 Å². The first kappa shape index (κ1) is 14.6. The highest BCUT2D eigenvalue weighted by Crippen LogP contribution is 2.20. The maximum absolute atomic E-state index is 12.4. The Balaban J connectivity index is 1.84. The van der Waals surface area contributed by atoms with Crippen LogP contribution in [0.4, 0.5) is 0 Å². The predicted octanol–water partition coefficient (Wildman–Crippen LogP) is 2.21. The van der Waals surface area contributed by atoms with Crippen molar-refractivity contribution >= 4 is 23.5 Å². The molecule has 1 aromatic heterocycles. The van der Waals surface area contributed by atoms with E-state index in [4.69, 9.17) is 16.7 Å². The molecule has 1 aliphatic rings. The van der Waals surface area contributed by atoms with Crippen molar-refractivity contribution in [1.29, 1.82) is 0 Å². The number of likely N-dealkylation sites (tertiary alicyclic amines) is 1. The van der Waals surface area contributed by atoms with Gasteiger partial charge in [0.2, 0.25) is 0 Å². The number of halogens is 1. The summed E-state index contributed by atoms with van der Waals surface area (Å²) < 4.78 is 1.55. The van der Waals surface area contributed by atoms with Gasteiger partial charge in [-0.25, -0.2) is 9.48 Å². The molecule has 2 aromatic rings. The molecule has 1 amide bonds. The Kier molecular flexibility index (Phi) is 3.85. The second-order valence-corrected chi connectivity index (χ2v) is 5.56. The van der Waals surface area contributed by atoms with Crippen LogP contribution in [0.15, 0.2) is 36.5 Å². The first-order chi connectivity index (χ1) is 10.6. The summed E-state index contributed by atoms with van der Waals surface area (Å²) in [5.41, 5.74) is 0.968. The van der Waals surface area contributed by atoms with Crippen molar-refractivity contribution in [3.63, 3.8) is 0 Å². The van der Waals surface area contributed by atoms with Crippen molar-refractivity contribution < 1.29 is 14.7 Å². The molecule has 3 rings (SSSR count). The van der Waals surface area contributed by atoms with Gasteiger partial charge in [0.25, 0.3) is 5.91 Å². The van der Waals surface area contributed by atoms with Gasteiger partial charge in [0.15, 0.2) is 5.69 Å². The van der Waals surface area contributed by atoms with Gasteiger partial charge in [-0.15, -0.1) is 0 Å². The lowest BCUT2D eigenvalue weighted by atomic mass is 10.2. The van der Waals surface area contributed by atoms with Gasteiger partial charge in [-0.3, -0.25) is 4.79 Å². The number of carboxylic acids is 1. The summed E-state index contributed by atoms with van der Waals surface area (Å²) in [6.45, 7) is 0.444. The number of carbonyl (C=O) groups is 2. The van der Waals surface area contributed by atoms with Crippen LogP contribution < -0.4 is 0 Å². The highest BCUT2D eigenvalue weighted by atomic mass is 35.5. The fraction of sp³-hybridized carbons (Fsp3) is 0.267. The number of benzene rings is 1. The minimum atomic E-state index is -0.972. The minimum Gasteiger partial charge on any atom is -0.480 e. The van der Waals surface area contributed by atoms with Crippen LogP contribution in [0.25, 0.3) is 5.69 Å². The van der Waals surface area contributed by atoms with E-state index in [1.54, 1.807) is 35.1 Å². The molecule has 7 heteroatoms. The number of aliphatic carboxylic acids is 1. The van der Waals surface area contributed by atoms with Crippen LogP contribution in [-0.4, -0.2) is 44.3 Å². The summed E-state index contributed by atoms with van der Waals surface area (Å²) in [6, 6.07) is 7.93. The van der Waals surface area contributed by atoms with E-state index >= 15 is 0 Å². The van der Waals surface area contributed by atoms with Crippen molar-refractivity contribution in [3.05, 3.63) is 47.2 Å². The number of hydrogen-bond acceptors (Lipinski definition) is 3. The van der Waals surface area contributed by atoms with E-state index in [1.165, 1.54) is 4.90 Å². The summed E-state index contributed by atoms with van der Waals surface area (Å²) in [7, 11) is 0. The van der Waals surface area contributed by atoms with E-state index in [0.717, 1.165) is 5.69 Å². The molecule has 0 bridgehead atoms. The Bertz CT molecular complexity index is 728. The zero-order valence-corrected chi connectivity index (χ0v) is 12.4. The SMILES string of the molecule is O=C(O)[C@H]1CCCN1C(=O)c1ccn(-c2cccc(Cl)c2)n1. The Morgan fingerprint density at radius 1 is 1.32 bits per heavy atom. The summed E-state index contributed by atoms with van der Waals surface area (Å²) in [5, 5.41) is 14.0. The van der Waals surface area contributed by atoms with E-state index in [1.807, 2.05) is 6.07 Å². The van der Waals surface area contributed by atoms with Gasteiger partial charge in [0.1, 0.15) is 6.04 Å². The fourth-order valence-electron chi connectivity index (χ4n) is 2.61. The third-order valence-electron chi connectivity index (χ3n) is 3.68. The predicted molar refractivity (Wildman–Crippen MR) is 80.3 cm³/mol. The average molecular weight is 320 g/mol. The third kappa shape index (κ3) is 2.69. The largest absolute Gasteiger partial charge is 0.480 e. The first-order valence-electron chi connectivity index (χ1n) is 6.91. The van der Waals surface area contributed by atoms with Crippen LogP contribution in [0.3, 0.4) is 0 Å². The molecule has 1 aromatic carbocycles. The molecule has 1 N–H and O–H groups in total. The van der Waals surface area contributed by atoms with Crippen LogP contribution in [-0.2, 0) is 4.79 Å². The van der Waals surface area contributed by atoms with E-state index < -0.39 is 12.0 Å². The lowest BCUT2D eigenvalue weighted by Crippen LogP contribution is -2.40. The van der Waals surface area contributed by atoms with Gasteiger partial charge in [0.05, 0.1) is 5.69 Å². The Morgan fingerprint density at radius 2 is 2.14 bits per heavy atom. The number of carboxylic acid groups (broad SMARTS) is 1. The smallest absolute Gasteiger partial charge is 0.326 e. The van der Waals surface area contributed by atoms with Crippen molar-refractivity contribution in [2.75, 3.05) is 6.54 Å². The molecule has 0 spiro atoms. The molecule has 2 heterocycles. The summed E-state index contributed by atoms with van der Waals surface area (Å²) >= 11 is 5.94. The van der Waals surface area contributed by atoms with Crippen LogP contribution in [0, 0.1) is 0 Å². The molecule has 22 heavy (non-hydrogen) atoms. The van der Waals surface area contributed by atoms with E-state index in [0.29, 0.717) is 24.4 Å². The van der Waals surface area contributed by atoms with Crippen molar-refractivity contribution in [3.8, 4) is 5.69 Å². The van der Waals surface area contributed by atoms with Gasteiger partial charge in [-0.1, -0.05) is 17.7 Å². The monoisotopic (exact) mass is 319 g/mol. The van der Waals surface area contributed by atoms with Crippen LogP contribution >= 0.6 is 11.6 Å². The molecule has 1 aliphatic heterocycles.